The third-order valence-electron chi connectivity index (χ3n) is 4.17. The van der Waals surface area contributed by atoms with Crippen LogP contribution in [0.2, 0.25) is 0 Å². The minimum atomic E-state index is 0.177. The van der Waals surface area contributed by atoms with Gasteiger partial charge < -0.3 is 20.3 Å². The van der Waals surface area contributed by atoms with Crippen molar-refractivity contribution in [1.29, 1.82) is 0 Å². The van der Waals surface area contributed by atoms with E-state index in [0.29, 0.717) is 24.7 Å². The van der Waals surface area contributed by atoms with Gasteiger partial charge in [0.2, 0.25) is 5.91 Å². The fraction of sp³-hybridized carbons (Fsp3) is 0.300. The smallest absolute Gasteiger partial charge is 0.227 e. The highest BCUT2D eigenvalue weighted by atomic mass is 32.1. The van der Waals surface area contributed by atoms with Gasteiger partial charge in [0.05, 0.1) is 6.54 Å². The molecule has 2 aromatic carbocycles. The largest absolute Gasteiger partial charge is 0.492 e. The summed E-state index contributed by atoms with van der Waals surface area (Å²) < 4.78 is 5.67. The molecule has 26 heavy (non-hydrogen) atoms. The van der Waals surface area contributed by atoms with E-state index in [0.717, 1.165) is 30.1 Å². The van der Waals surface area contributed by atoms with Crippen LogP contribution < -0.4 is 20.3 Å². The second-order valence-corrected chi connectivity index (χ2v) is 6.65. The molecule has 0 atom stereocenters. The molecule has 0 radical (unpaired) electrons. The molecule has 0 bridgehead atoms. The van der Waals surface area contributed by atoms with Crippen LogP contribution in [0, 0.1) is 6.92 Å². The Hall–Kier alpha value is -2.60. The second-order valence-electron chi connectivity index (χ2n) is 6.24. The van der Waals surface area contributed by atoms with Gasteiger partial charge in [-0.25, -0.2) is 0 Å². The summed E-state index contributed by atoms with van der Waals surface area (Å²) in [5.74, 6) is 1.02. The van der Waals surface area contributed by atoms with Crippen molar-refractivity contribution in [2.24, 2.45) is 0 Å². The molecule has 1 aliphatic rings. The lowest BCUT2D eigenvalue weighted by Gasteiger charge is -2.17. The van der Waals surface area contributed by atoms with E-state index in [1.165, 1.54) is 5.56 Å². The lowest BCUT2D eigenvalue weighted by atomic mass is 10.2. The number of rotatable bonds is 6. The monoisotopic (exact) mass is 369 g/mol. The number of carbonyl (C=O) groups excluding carboxylic acids is 1. The molecule has 6 heteroatoms. The number of hydrogen-bond donors (Lipinski definition) is 2. The van der Waals surface area contributed by atoms with Crippen molar-refractivity contribution < 1.29 is 9.53 Å². The number of nitrogens with one attached hydrogen (secondary N) is 2. The van der Waals surface area contributed by atoms with Crippen LogP contribution in [-0.4, -0.2) is 30.7 Å². The number of anilines is 2. The standard InChI is InChI=1S/C20H23N3O2S/c1-15-7-9-18(10-8-15)25-13-11-21-20(26)22-16-4-2-5-17(14-16)23-12-3-6-19(23)24/h2,4-5,7-10,14H,3,6,11-13H2,1H3,(H2,21,22,26). The molecule has 2 aromatic rings. The first-order valence-corrected chi connectivity index (χ1v) is 9.17. The first kappa shape index (κ1) is 18.2. The Bertz CT molecular complexity index is 777. The maximum atomic E-state index is 11.9. The number of carbonyl (C=O) groups is 1. The molecule has 1 amide bonds. The van der Waals surface area contributed by atoms with Crippen molar-refractivity contribution in [3.8, 4) is 5.75 Å². The normalized spacial score (nSPS) is 13.6. The fourth-order valence-electron chi connectivity index (χ4n) is 2.82. The van der Waals surface area contributed by atoms with Crippen LogP contribution >= 0.6 is 12.2 Å². The van der Waals surface area contributed by atoms with Gasteiger partial charge in [-0.1, -0.05) is 23.8 Å². The van der Waals surface area contributed by atoms with E-state index in [4.69, 9.17) is 17.0 Å². The molecule has 1 aliphatic heterocycles. The maximum absolute atomic E-state index is 11.9. The summed E-state index contributed by atoms with van der Waals surface area (Å²) in [6.07, 6.45) is 1.54. The predicted molar refractivity (Wildman–Crippen MR) is 109 cm³/mol. The van der Waals surface area contributed by atoms with Crippen molar-refractivity contribution in [3.63, 3.8) is 0 Å². The molecule has 0 spiro atoms. The van der Waals surface area contributed by atoms with Crippen molar-refractivity contribution in [3.05, 3.63) is 54.1 Å². The lowest BCUT2D eigenvalue weighted by Crippen LogP contribution is -2.32. The van der Waals surface area contributed by atoms with Crippen molar-refractivity contribution >= 4 is 34.6 Å². The van der Waals surface area contributed by atoms with Gasteiger partial charge in [-0.2, -0.15) is 0 Å². The third kappa shape index (κ3) is 4.95. The molecule has 0 aliphatic carbocycles. The van der Waals surface area contributed by atoms with Gasteiger partial charge >= 0.3 is 0 Å². The topological polar surface area (TPSA) is 53.6 Å². The van der Waals surface area contributed by atoms with Crippen LogP contribution in [-0.2, 0) is 4.79 Å². The predicted octanol–water partition coefficient (Wildman–Crippen LogP) is 3.49. The van der Waals surface area contributed by atoms with E-state index in [1.807, 2.05) is 60.4 Å². The average molecular weight is 369 g/mol. The zero-order valence-electron chi connectivity index (χ0n) is 14.8. The number of benzene rings is 2. The van der Waals surface area contributed by atoms with E-state index < -0.39 is 0 Å². The Balaban J connectivity index is 1.44. The molecule has 3 rings (SSSR count). The van der Waals surface area contributed by atoms with Crippen LogP contribution in [0.3, 0.4) is 0 Å². The van der Waals surface area contributed by atoms with Gasteiger partial charge in [0, 0.05) is 24.3 Å². The van der Waals surface area contributed by atoms with E-state index in [-0.39, 0.29) is 5.91 Å². The van der Waals surface area contributed by atoms with Crippen molar-refractivity contribution in [2.75, 3.05) is 29.9 Å². The molecule has 0 aromatic heterocycles. The minimum Gasteiger partial charge on any atom is -0.492 e. The van der Waals surface area contributed by atoms with Gasteiger partial charge in [-0.15, -0.1) is 0 Å². The minimum absolute atomic E-state index is 0.177. The number of ether oxygens (including phenoxy) is 1. The second kappa shape index (κ2) is 8.67. The molecule has 2 N–H and O–H groups in total. The SMILES string of the molecule is Cc1ccc(OCCNC(=S)Nc2cccc(N3CCCC3=O)c2)cc1. The fourth-order valence-corrected chi connectivity index (χ4v) is 3.04. The van der Waals surface area contributed by atoms with Crippen molar-refractivity contribution in [2.45, 2.75) is 19.8 Å². The summed E-state index contributed by atoms with van der Waals surface area (Å²) in [5.41, 5.74) is 2.97. The highest BCUT2D eigenvalue weighted by Crippen LogP contribution is 2.24. The quantitative estimate of drug-likeness (QED) is 0.603. The molecule has 1 fully saturated rings. The number of hydrogen-bond acceptors (Lipinski definition) is 3. The first-order valence-electron chi connectivity index (χ1n) is 8.76. The van der Waals surface area contributed by atoms with E-state index in [2.05, 4.69) is 10.6 Å². The zero-order chi connectivity index (χ0) is 18.4. The summed E-state index contributed by atoms with van der Waals surface area (Å²) >= 11 is 5.33. The van der Waals surface area contributed by atoms with Crippen molar-refractivity contribution in [1.82, 2.24) is 5.32 Å². The van der Waals surface area contributed by atoms with E-state index in [1.54, 1.807) is 0 Å². The molecule has 136 valence electrons. The Morgan fingerprint density at radius 3 is 2.77 bits per heavy atom. The Morgan fingerprint density at radius 1 is 1.23 bits per heavy atom. The Labute approximate surface area is 159 Å². The zero-order valence-corrected chi connectivity index (χ0v) is 15.6. The number of thiocarbonyl (C=S) groups is 1. The van der Waals surface area contributed by atoms with Crippen LogP contribution in [0.25, 0.3) is 0 Å². The summed E-state index contributed by atoms with van der Waals surface area (Å²) in [5, 5.41) is 6.81. The van der Waals surface area contributed by atoms with Crippen LogP contribution in [0.1, 0.15) is 18.4 Å². The Kier molecular flexibility index (Phi) is 6.07. The molecule has 5 nitrogen and oxygen atoms in total. The molecular formula is C20H23N3O2S. The van der Waals surface area contributed by atoms with Crippen LogP contribution in [0.5, 0.6) is 5.75 Å². The van der Waals surface area contributed by atoms with Crippen LogP contribution in [0.4, 0.5) is 11.4 Å². The molecule has 1 heterocycles. The summed E-state index contributed by atoms with van der Waals surface area (Å²) in [6, 6.07) is 15.7. The average Bonchev–Trinajstić information content (AvgIpc) is 3.06. The summed E-state index contributed by atoms with van der Waals surface area (Å²) in [7, 11) is 0. The first-order chi connectivity index (χ1) is 12.6. The van der Waals surface area contributed by atoms with Gasteiger partial charge in [0.1, 0.15) is 12.4 Å². The molecule has 1 saturated heterocycles. The highest BCUT2D eigenvalue weighted by molar-refractivity contribution is 7.80. The number of aryl methyl sites for hydroxylation is 1. The third-order valence-corrected chi connectivity index (χ3v) is 4.41. The van der Waals surface area contributed by atoms with Gasteiger partial charge in [0.15, 0.2) is 5.11 Å². The van der Waals surface area contributed by atoms with E-state index >= 15 is 0 Å². The highest BCUT2D eigenvalue weighted by Gasteiger charge is 2.21. The molecule has 0 saturated carbocycles. The van der Waals surface area contributed by atoms with Gasteiger partial charge in [-0.3, -0.25) is 4.79 Å². The summed E-state index contributed by atoms with van der Waals surface area (Å²) in [4.78, 5) is 13.7. The lowest BCUT2D eigenvalue weighted by molar-refractivity contribution is -0.117. The number of nitrogens with zero attached hydrogens (tertiary/aromatic N) is 1. The number of amides is 1. The molecule has 0 unspecified atom stereocenters. The van der Waals surface area contributed by atoms with Crippen LogP contribution in [0.15, 0.2) is 48.5 Å². The Morgan fingerprint density at radius 2 is 2.04 bits per heavy atom. The van der Waals surface area contributed by atoms with E-state index in [9.17, 15) is 4.79 Å². The maximum Gasteiger partial charge on any atom is 0.227 e. The molecular weight excluding hydrogens is 346 g/mol. The summed E-state index contributed by atoms with van der Waals surface area (Å²) in [6.45, 7) is 3.95. The van der Waals surface area contributed by atoms with Gasteiger partial charge in [-0.05, 0) is 55.9 Å². The van der Waals surface area contributed by atoms with Gasteiger partial charge in [0.25, 0.3) is 0 Å².